The van der Waals surface area contributed by atoms with E-state index in [1.165, 1.54) is 32.1 Å². The molecule has 21 heavy (non-hydrogen) atoms. The minimum atomic E-state index is -1.60. The van der Waals surface area contributed by atoms with E-state index in [0.717, 1.165) is 5.92 Å². The first-order valence-corrected chi connectivity index (χ1v) is 11.7. The average molecular weight is 311 g/mol. The van der Waals surface area contributed by atoms with Gasteiger partial charge in [-0.05, 0) is 62.1 Å². The summed E-state index contributed by atoms with van der Waals surface area (Å²) < 4.78 is 6.46. The Morgan fingerprint density at radius 3 is 2.43 bits per heavy atom. The molecule has 0 aromatic rings. The van der Waals surface area contributed by atoms with Crippen molar-refractivity contribution in [2.45, 2.75) is 97.9 Å². The molecular weight excluding hydrogens is 272 g/mol. The Labute approximate surface area is 134 Å². The highest BCUT2D eigenvalue weighted by Crippen LogP contribution is 2.40. The van der Waals surface area contributed by atoms with Gasteiger partial charge in [0.25, 0.3) is 0 Å². The van der Waals surface area contributed by atoms with E-state index in [2.05, 4.69) is 66.8 Å². The zero-order valence-electron chi connectivity index (χ0n) is 15.8. The highest BCUT2D eigenvalue weighted by molar-refractivity contribution is 6.74. The topological polar surface area (TPSA) is 9.23 Å². The predicted octanol–water partition coefficient (Wildman–Crippen LogP) is 6.56. The van der Waals surface area contributed by atoms with Gasteiger partial charge in [-0.3, -0.25) is 0 Å². The summed E-state index contributed by atoms with van der Waals surface area (Å²) in [5, 5.41) is 0.315. The Bertz CT molecular complexity index is 349. The normalized spacial score (nSPS) is 24.1. The fraction of sp³-hybridized carbons (Fsp3) is 0.895. The maximum Gasteiger partial charge on any atom is 0.192 e. The van der Waals surface area contributed by atoms with E-state index in [1.807, 2.05) is 0 Å². The van der Waals surface area contributed by atoms with E-state index in [-0.39, 0.29) is 0 Å². The molecule has 0 fully saturated rings. The van der Waals surface area contributed by atoms with Gasteiger partial charge in [0.05, 0.1) is 0 Å². The molecule has 1 rings (SSSR count). The summed E-state index contributed by atoms with van der Waals surface area (Å²) in [6.07, 6.45) is 11.6. The molecule has 0 aromatic heterocycles. The van der Waals surface area contributed by atoms with Gasteiger partial charge < -0.3 is 4.43 Å². The molecule has 0 amide bonds. The molecule has 124 valence electrons. The third-order valence-electron chi connectivity index (χ3n) is 5.76. The summed E-state index contributed by atoms with van der Waals surface area (Å²) in [5.74, 6) is 0.756. The lowest BCUT2D eigenvalue weighted by Gasteiger charge is -2.39. The quantitative estimate of drug-likeness (QED) is 0.399. The molecule has 0 unspecified atom stereocenters. The fourth-order valence-corrected chi connectivity index (χ4v) is 4.49. The van der Waals surface area contributed by atoms with Gasteiger partial charge in [-0.25, -0.2) is 0 Å². The van der Waals surface area contributed by atoms with Gasteiger partial charge in [0.1, 0.15) is 0 Å². The maximum atomic E-state index is 6.46. The van der Waals surface area contributed by atoms with Crippen LogP contribution < -0.4 is 0 Å². The first kappa shape index (κ1) is 19.0. The molecule has 1 nitrogen and oxygen atoms in total. The highest BCUT2D eigenvalue weighted by Gasteiger charge is 2.38. The van der Waals surface area contributed by atoms with E-state index in [9.17, 15) is 0 Å². The van der Waals surface area contributed by atoms with Gasteiger partial charge in [-0.15, -0.1) is 0 Å². The molecule has 0 saturated carbocycles. The first-order chi connectivity index (χ1) is 9.46. The molecule has 1 aliphatic rings. The number of hydrogen-bond acceptors (Lipinski definition) is 1. The summed E-state index contributed by atoms with van der Waals surface area (Å²) in [4.78, 5) is 0. The zero-order valence-corrected chi connectivity index (χ0v) is 16.8. The molecular formula is C19H38OSi. The molecule has 0 heterocycles. The van der Waals surface area contributed by atoms with Crippen LogP contribution in [0.5, 0.6) is 0 Å². The Morgan fingerprint density at radius 2 is 1.90 bits per heavy atom. The van der Waals surface area contributed by atoms with Crippen molar-refractivity contribution in [3.05, 3.63) is 12.2 Å². The van der Waals surface area contributed by atoms with Crippen LogP contribution in [0.15, 0.2) is 12.2 Å². The monoisotopic (exact) mass is 310 g/mol. The van der Waals surface area contributed by atoms with Crippen molar-refractivity contribution in [1.82, 2.24) is 0 Å². The molecule has 2 atom stereocenters. The van der Waals surface area contributed by atoms with Crippen molar-refractivity contribution < 1.29 is 4.43 Å². The molecule has 0 N–H and O–H groups in total. The molecule has 0 saturated heterocycles. The summed E-state index contributed by atoms with van der Waals surface area (Å²) in [6, 6.07) is 0. The van der Waals surface area contributed by atoms with Crippen LogP contribution in [0.3, 0.4) is 0 Å². The van der Waals surface area contributed by atoms with Crippen molar-refractivity contribution in [1.29, 1.82) is 0 Å². The SMILES string of the molecule is C[C@@H](CCC[C@@H]1C=CCCC1(C)C)O[Si](C)(C)C(C)(C)C. The van der Waals surface area contributed by atoms with Crippen LogP contribution in [-0.2, 0) is 4.43 Å². The lowest BCUT2D eigenvalue weighted by atomic mass is 9.70. The highest BCUT2D eigenvalue weighted by atomic mass is 28.4. The maximum absolute atomic E-state index is 6.46. The smallest absolute Gasteiger partial charge is 0.192 e. The van der Waals surface area contributed by atoms with Gasteiger partial charge in [0, 0.05) is 6.10 Å². The number of rotatable bonds is 6. The minimum absolute atomic E-state index is 0.315. The van der Waals surface area contributed by atoms with Crippen molar-refractivity contribution in [2.24, 2.45) is 11.3 Å². The minimum Gasteiger partial charge on any atom is -0.414 e. The molecule has 0 aliphatic heterocycles. The van der Waals surface area contributed by atoms with Gasteiger partial charge >= 0.3 is 0 Å². The molecule has 0 bridgehead atoms. The average Bonchev–Trinajstić information content (AvgIpc) is 2.29. The van der Waals surface area contributed by atoms with Crippen molar-refractivity contribution in [3.63, 3.8) is 0 Å². The summed E-state index contributed by atoms with van der Waals surface area (Å²) in [7, 11) is -1.60. The summed E-state index contributed by atoms with van der Waals surface area (Å²) in [6.45, 7) is 18.8. The molecule has 0 spiro atoms. The second kappa shape index (κ2) is 7.00. The zero-order chi connectivity index (χ0) is 16.3. The van der Waals surface area contributed by atoms with E-state index in [1.54, 1.807) is 0 Å². The third-order valence-corrected chi connectivity index (χ3v) is 10.4. The van der Waals surface area contributed by atoms with E-state index >= 15 is 0 Å². The fourth-order valence-electron chi connectivity index (χ4n) is 3.01. The van der Waals surface area contributed by atoms with E-state index in [4.69, 9.17) is 4.43 Å². The number of hydrogen-bond donors (Lipinski definition) is 0. The second-order valence-electron chi connectivity index (χ2n) is 9.18. The molecule has 0 aromatic carbocycles. The molecule has 1 aliphatic carbocycles. The lowest BCUT2D eigenvalue weighted by Crippen LogP contribution is -2.43. The Hall–Kier alpha value is -0.0831. The first-order valence-electron chi connectivity index (χ1n) is 8.80. The Morgan fingerprint density at radius 1 is 1.29 bits per heavy atom. The third kappa shape index (κ3) is 5.56. The van der Waals surface area contributed by atoms with Crippen LogP contribution in [0.2, 0.25) is 18.1 Å². The van der Waals surface area contributed by atoms with Crippen molar-refractivity contribution >= 4 is 8.32 Å². The molecule has 0 radical (unpaired) electrons. The van der Waals surface area contributed by atoms with Gasteiger partial charge in [-0.1, -0.05) is 53.2 Å². The number of allylic oxidation sites excluding steroid dienone is 2. The van der Waals surface area contributed by atoms with Crippen LogP contribution in [0.4, 0.5) is 0 Å². The van der Waals surface area contributed by atoms with Crippen LogP contribution in [-0.4, -0.2) is 14.4 Å². The summed E-state index contributed by atoms with van der Waals surface area (Å²) >= 11 is 0. The van der Waals surface area contributed by atoms with Crippen LogP contribution >= 0.6 is 0 Å². The van der Waals surface area contributed by atoms with Gasteiger partial charge in [-0.2, -0.15) is 0 Å². The Kier molecular flexibility index (Phi) is 6.32. The summed E-state index contributed by atoms with van der Waals surface area (Å²) in [5.41, 5.74) is 0.484. The lowest BCUT2D eigenvalue weighted by molar-refractivity contribution is 0.170. The van der Waals surface area contributed by atoms with Crippen LogP contribution in [0, 0.1) is 11.3 Å². The van der Waals surface area contributed by atoms with Crippen LogP contribution in [0.1, 0.15) is 73.6 Å². The van der Waals surface area contributed by atoms with Gasteiger partial charge in [0.2, 0.25) is 0 Å². The molecule has 2 heteroatoms. The van der Waals surface area contributed by atoms with Gasteiger partial charge in [0.15, 0.2) is 8.32 Å². The largest absolute Gasteiger partial charge is 0.414 e. The second-order valence-corrected chi connectivity index (χ2v) is 13.9. The van der Waals surface area contributed by atoms with E-state index in [0.29, 0.717) is 16.6 Å². The standard InChI is InChI=1S/C19H38OSi/c1-16(20-21(7,8)18(2,3)4)12-11-14-17-13-9-10-15-19(17,5)6/h9,13,16-17H,10-12,14-15H2,1-8H3/t16-,17-/m0/s1. The van der Waals surface area contributed by atoms with Crippen LogP contribution in [0.25, 0.3) is 0 Å². The Balaban J connectivity index is 2.39. The predicted molar refractivity (Wildman–Crippen MR) is 97.2 cm³/mol. The van der Waals surface area contributed by atoms with Crippen molar-refractivity contribution in [3.8, 4) is 0 Å². The van der Waals surface area contributed by atoms with E-state index < -0.39 is 8.32 Å². The van der Waals surface area contributed by atoms with Crippen molar-refractivity contribution in [2.75, 3.05) is 0 Å².